The number of aliphatic hydroxyl groups is 3. The summed E-state index contributed by atoms with van der Waals surface area (Å²) in [7, 11) is 0. The van der Waals surface area contributed by atoms with Gasteiger partial charge in [0.2, 0.25) is 0 Å². The summed E-state index contributed by atoms with van der Waals surface area (Å²) in [4.78, 5) is 11.9. The molecule has 0 radical (unpaired) electrons. The lowest BCUT2D eigenvalue weighted by molar-refractivity contribution is -0.271. The van der Waals surface area contributed by atoms with Crippen molar-refractivity contribution in [3.8, 4) is 5.75 Å². The molecule has 10 heteroatoms. The topological polar surface area (TPSA) is 139 Å². The van der Waals surface area contributed by atoms with Crippen molar-refractivity contribution >= 4 is 16.9 Å². The molecule has 234 valence electrons. The first-order chi connectivity index (χ1) is 20.9. The molecule has 0 spiro atoms. The predicted molar refractivity (Wildman–Crippen MR) is 163 cm³/mol. The summed E-state index contributed by atoms with van der Waals surface area (Å²) in [5, 5.41) is 38.8. The summed E-state index contributed by atoms with van der Waals surface area (Å²) in [5.41, 5.74) is 2.21. The van der Waals surface area contributed by atoms with E-state index >= 15 is 0 Å². The van der Waals surface area contributed by atoms with Crippen molar-refractivity contribution in [2.24, 2.45) is 0 Å². The largest absolute Gasteiger partial charge is 0.494 e. The molecule has 5 atom stereocenters. The Hall–Kier alpha value is -3.25. The Morgan fingerprint density at radius 1 is 0.977 bits per heavy atom. The zero-order valence-electron chi connectivity index (χ0n) is 24.7. The van der Waals surface area contributed by atoms with E-state index in [0.717, 1.165) is 41.3 Å². The van der Waals surface area contributed by atoms with Gasteiger partial charge in [-0.05, 0) is 73.2 Å². The molecule has 43 heavy (non-hydrogen) atoms. The highest BCUT2D eigenvalue weighted by molar-refractivity contribution is 5.84. The zero-order chi connectivity index (χ0) is 30.4. The minimum Gasteiger partial charge on any atom is -0.494 e. The van der Waals surface area contributed by atoms with Crippen LogP contribution in [0.4, 0.5) is 4.79 Å². The quantitative estimate of drug-likeness (QED) is 0.158. The Morgan fingerprint density at radius 2 is 1.77 bits per heavy atom. The van der Waals surface area contributed by atoms with Crippen LogP contribution < -0.4 is 15.4 Å². The fourth-order valence-electron chi connectivity index (χ4n) is 4.90. The Bertz CT molecular complexity index is 1260. The monoisotopic (exact) mass is 596 g/mol. The number of carbonyl (C=O) groups is 1. The van der Waals surface area contributed by atoms with Crippen molar-refractivity contribution < 1.29 is 39.1 Å². The van der Waals surface area contributed by atoms with Gasteiger partial charge in [0, 0.05) is 13.1 Å². The number of aryl methyl sites for hydroxylation is 1. The summed E-state index contributed by atoms with van der Waals surface area (Å²) in [6.07, 6.45) is -1.65. The molecule has 0 aliphatic carbocycles. The molecule has 10 nitrogen and oxygen atoms in total. The molecule has 1 amide bonds. The van der Waals surface area contributed by atoms with Crippen LogP contribution in [0.5, 0.6) is 5.75 Å². The van der Waals surface area contributed by atoms with E-state index in [0.29, 0.717) is 26.1 Å². The number of hydrogen-bond donors (Lipinski definition) is 5. The molecule has 0 aromatic heterocycles. The molecule has 0 bridgehead atoms. The number of benzene rings is 3. The number of fused-ring (bicyclic) bond motifs is 1. The summed E-state index contributed by atoms with van der Waals surface area (Å²) in [6.45, 7) is 3.85. The molecule has 1 aliphatic rings. The van der Waals surface area contributed by atoms with Crippen LogP contribution in [0.1, 0.15) is 37.3 Å². The fourth-order valence-corrected chi connectivity index (χ4v) is 4.90. The van der Waals surface area contributed by atoms with Gasteiger partial charge in [-0.2, -0.15) is 0 Å². The van der Waals surface area contributed by atoms with Crippen molar-refractivity contribution in [3.63, 3.8) is 0 Å². The third-order valence-corrected chi connectivity index (χ3v) is 7.33. The summed E-state index contributed by atoms with van der Waals surface area (Å²) in [6, 6.07) is 22.1. The summed E-state index contributed by atoms with van der Waals surface area (Å²) in [5.74, 6) is 0.792. The Kier molecular flexibility index (Phi) is 13.0. The van der Waals surface area contributed by atoms with Gasteiger partial charge in [0.1, 0.15) is 30.7 Å². The van der Waals surface area contributed by atoms with Gasteiger partial charge < -0.3 is 44.9 Å². The standard InChI is InChI=1S/C33H44N2O8/c1-23-41-22-30(37)32(43-23)31(38)29(36)20-34-15-7-17-40-28-14-13-26-18-24(11-12-27(26)19-28)8-5-6-16-35-33(39)42-21-25-9-3-2-4-10-25/h2-4,9-14,18-19,23,29-32,34,36-38H,5-8,15-17,20-22H2,1H3,(H,35,39)/t23?,29-,30+,31+,32+/m0/s1. The van der Waals surface area contributed by atoms with Crippen molar-refractivity contribution in [2.45, 2.75) is 69.9 Å². The third-order valence-electron chi connectivity index (χ3n) is 7.33. The first-order valence-electron chi connectivity index (χ1n) is 15.0. The molecule has 1 heterocycles. The van der Waals surface area contributed by atoms with Crippen molar-refractivity contribution in [2.75, 3.05) is 32.8 Å². The summed E-state index contributed by atoms with van der Waals surface area (Å²) < 4.78 is 21.7. The maximum absolute atomic E-state index is 11.9. The number of hydrogen-bond acceptors (Lipinski definition) is 9. The fraction of sp³-hybridized carbons (Fsp3) is 0.485. The Morgan fingerprint density at radius 3 is 2.60 bits per heavy atom. The number of alkyl carbamates (subject to hydrolysis) is 1. The van der Waals surface area contributed by atoms with Gasteiger partial charge in [-0.3, -0.25) is 0 Å². The van der Waals surface area contributed by atoms with Gasteiger partial charge in [-0.25, -0.2) is 4.79 Å². The molecule has 4 rings (SSSR count). The molecule has 1 fully saturated rings. The van der Waals surface area contributed by atoms with E-state index < -0.39 is 36.8 Å². The first kappa shape index (κ1) is 32.7. The number of carbonyl (C=O) groups excluding carboxylic acids is 1. The van der Waals surface area contributed by atoms with Crippen LogP contribution in [0.25, 0.3) is 10.8 Å². The second kappa shape index (κ2) is 17.1. The van der Waals surface area contributed by atoms with Crippen LogP contribution in [-0.4, -0.2) is 85.0 Å². The molecule has 3 aromatic rings. The lowest BCUT2D eigenvalue weighted by Gasteiger charge is -2.36. The van der Waals surface area contributed by atoms with Gasteiger partial charge in [-0.1, -0.05) is 54.6 Å². The zero-order valence-corrected chi connectivity index (χ0v) is 24.7. The van der Waals surface area contributed by atoms with Crippen LogP contribution >= 0.6 is 0 Å². The highest BCUT2D eigenvalue weighted by atomic mass is 16.7. The lowest BCUT2D eigenvalue weighted by atomic mass is 10.0. The average Bonchev–Trinajstić information content (AvgIpc) is 3.02. The van der Waals surface area contributed by atoms with Crippen LogP contribution in [0.15, 0.2) is 66.7 Å². The minimum absolute atomic E-state index is 0.0608. The van der Waals surface area contributed by atoms with E-state index in [1.807, 2.05) is 42.5 Å². The Labute approximate surface area is 252 Å². The number of amides is 1. The number of rotatable bonds is 16. The van der Waals surface area contributed by atoms with E-state index in [-0.39, 0.29) is 19.8 Å². The second-order valence-corrected chi connectivity index (χ2v) is 10.8. The van der Waals surface area contributed by atoms with Crippen molar-refractivity contribution in [1.82, 2.24) is 10.6 Å². The maximum Gasteiger partial charge on any atom is 0.407 e. The smallest absolute Gasteiger partial charge is 0.407 e. The number of nitrogens with one attached hydrogen (secondary N) is 2. The van der Waals surface area contributed by atoms with E-state index in [4.69, 9.17) is 18.9 Å². The van der Waals surface area contributed by atoms with Crippen molar-refractivity contribution in [3.05, 3.63) is 77.9 Å². The minimum atomic E-state index is -1.22. The van der Waals surface area contributed by atoms with Crippen LogP contribution in [0.2, 0.25) is 0 Å². The number of ether oxygens (including phenoxy) is 4. The highest BCUT2D eigenvalue weighted by Crippen LogP contribution is 2.23. The normalized spacial score (nSPS) is 20.0. The van der Waals surface area contributed by atoms with E-state index in [1.165, 1.54) is 5.56 Å². The third kappa shape index (κ3) is 10.8. The molecular formula is C33H44N2O8. The molecule has 1 unspecified atom stereocenters. The first-order valence-corrected chi connectivity index (χ1v) is 15.0. The highest BCUT2D eigenvalue weighted by Gasteiger charge is 2.37. The van der Waals surface area contributed by atoms with Gasteiger partial charge in [0.25, 0.3) is 0 Å². The van der Waals surface area contributed by atoms with E-state index in [9.17, 15) is 20.1 Å². The molecule has 5 N–H and O–H groups in total. The summed E-state index contributed by atoms with van der Waals surface area (Å²) >= 11 is 0. The van der Waals surface area contributed by atoms with E-state index in [1.54, 1.807) is 6.92 Å². The number of aliphatic hydroxyl groups excluding tert-OH is 3. The number of unbranched alkanes of at least 4 members (excludes halogenated alkanes) is 1. The van der Waals surface area contributed by atoms with Gasteiger partial charge in [0.15, 0.2) is 6.29 Å². The lowest BCUT2D eigenvalue weighted by Crippen LogP contribution is -2.54. The van der Waals surface area contributed by atoms with Crippen LogP contribution in [0.3, 0.4) is 0 Å². The van der Waals surface area contributed by atoms with Gasteiger partial charge in [-0.15, -0.1) is 0 Å². The Balaban J connectivity index is 1.08. The molecule has 1 saturated heterocycles. The maximum atomic E-state index is 11.9. The van der Waals surface area contributed by atoms with Crippen molar-refractivity contribution in [1.29, 1.82) is 0 Å². The van der Waals surface area contributed by atoms with Crippen LogP contribution in [-0.2, 0) is 27.2 Å². The SMILES string of the molecule is CC1OC[C@@H](O)[C@H]([C@H](O)[C@@H](O)CNCCCOc2ccc3cc(CCCCNC(=O)OCc4ccccc4)ccc3c2)O1. The van der Waals surface area contributed by atoms with E-state index in [2.05, 4.69) is 34.9 Å². The van der Waals surface area contributed by atoms with Gasteiger partial charge >= 0.3 is 6.09 Å². The molecule has 1 aliphatic heterocycles. The van der Waals surface area contributed by atoms with Crippen LogP contribution in [0, 0.1) is 0 Å². The molecular weight excluding hydrogens is 552 g/mol. The molecule has 0 saturated carbocycles. The molecule has 3 aromatic carbocycles. The second-order valence-electron chi connectivity index (χ2n) is 10.8. The average molecular weight is 597 g/mol. The predicted octanol–water partition coefficient (Wildman–Crippen LogP) is 3.29. The van der Waals surface area contributed by atoms with Gasteiger partial charge in [0.05, 0.1) is 19.3 Å².